The molecule has 1 aromatic rings. The Morgan fingerprint density at radius 3 is 2.75 bits per heavy atom. The van der Waals surface area contributed by atoms with Crippen LogP contribution in [0.3, 0.4) is 0 Å². The third kappa shape index (κ3) is 3.19. The minimum absolute atomic E-state index is 0.234. The Hall–Kier alpha value is -0.980. The molecule has 1 fully saturated rings. The maximum Gasteiger partial charge on any atom is 0.138 e. The van der Waals surface area contributed by atoms with Crippen LogP contribution in [0.25, 0.3) is 0 Å². The number of nitrogens with zero attached hydrogens (tertiary/aromatic N) is 3. The molecule has 0 radical (unpaired) electrons. The van der Waals surface area contributed by atoms with E-state index in [0.29, 0.717) is 26.2 Å². The molecule has 2 heterocycles. The molecule has 2 rings (SSSR count). The summed E-state index contributed by atoms with van der Waals surface area (Å²) in [5, 5.41) is 14.9. The highest BCUT2D eigenvalue weighted by atomic mass is 16.5. The van der Waals surface area contributed by atoms with E-state index >= 15 is 0 Å². The highest BCUT2D eigenvalue weighted by Crippen LogP contribution is 2.30. The van der Waals surface area contributed by atoms with Crippen LogP contribution in [0.4, 0.5) is 0 Å². The molecule has 0 aromatic carbocycles. The lowest BCUT2D eigenvalue weighted by Crippen LogP contribution is -2.50. The molecule has 6 nitrogen and oxygen atoms in total. The molecule has 6 heteroatoms. The second-order valence-corrected chi connectivity index (χ2v) is 5.54. The first-order valence-electron chi connectivity index (χ1n) is 7.37. The fourth-order valence-electron chi connectivity index (χ4n) is 2.79. The first kappa shape index (κ1) is 15.4. The lowest BCUT2D eigenvalue weighted by molar-refractivity contribution is -0.165. The van der Waals surface area contributed by atoms with E-state index < -0.39 is 11.7 Å². The van der Waals surface area contributed by atoms with Gasteiger partial charge in [0.1, 0.15) is 12.2 Å². The van der Waals surface area contributed by atoms with Gasteiger partial charge in [-0.05, 0) is 20.8 Å². The van der Waals surface area contributed by atoms with Gasteiger partial charge in [0, 0.05) is 45.1 Å². The van der Waals surface area contributed by atoms with E-state index in [0.717, 1.165) is 18.7 Å². The average molecular weight is 283 g/mol. The predicted octanol–water partition coefficient (Wildman–Crippen LogP) is 1.35. The Kier molecular flexibility index (Phi) is 5.12. The molecule has 114 valence electrons. The van der Waals surface area contributed by atoms with Crippen LogP contribution in [0.1, 0.15) is 45.5 Å². The van der Waals surface area contributed by atoms with Crippen molar-refractivity contribution in [2.24, 2.45) is 0 Å². The quantitative estimate of drug-likeness (QED) is 0.853. The van der Waals surface area contributed by atoms with Crippen molar-refractivity contribution in [2.75, 3.05) is 19.8 Å². The van der Waals surface area contributed by atoms with E-state index in [1.54, 1.807) is 6.33 Å². The number of ether oxygens (including phenoxy) is 2. The molecule has 1 N–H and O–H groups in total. The van der Waals surface area contributed by atoms with Crippen molar-refractivity contribution in [3.63, 3.8) is 0 Å². The molecular weight excluding hydrogens is 258 g/mol. The maximum atomic E-state index is 10.7. The monoisotopic (exact) mass is 283 g/mol. The summed E-state index contributed by atoms with van der Waals surface area (Å²) >= 11 is 0. The predicted molar refractivity (Wildman–Crippen MR) is 74.5 cm³/mol. The van der Waals surface area contributed by atoms with Gasteiger partial charge in [0.15, 0.2) is 0 Å². The Balaban J connectivity index is 2.11. The van der Waals surface area contributed by atoms with Gasteiger partial charge in [-0.15, -0.1) is 0 Å². The summed E-state index contributed by atoms with van der Waals surface area (Å²) in [6.07, 6.45) is 2.85. The Bertz CT molecular complexity index is 408. The van der Waals surface area contributed by atoms with Crippen molar-refractivity contribution in [2.45, 2.75) is 57.8 Å². The van der Waals surface area contributed by atoms with Crippen LogP contribution < -0.4 is 0 Å². The van der Waals surface area contributed by atoms with Crippen LogP contribution in [-0.2, 0) is 15.9 Å². The molecule has 1 saturated heterocycles. The topological polar surface area (TPSA) is 69.4 Å². The molecule has 1 aromatic heterocycles. The van der Waals surface area contributed by atoms with Crippen LogP contribution in [0.2, 0.25) is 0 Å². The lowest BCUT2D eigenvalue weighted by Gasteiger charge is -2.40. The molecule has 0 amide bonds. The van der Waals surface area contributed by atoms with Crippen LogP contribution >= 0.6 is 0 Å². The number of rotatable bonds is 6. The summed E-state index contributed by atoms with van der Waals surface area (Å²) in [5.74, 6) is 0.804. The van der Waals surface area contributed by atoms with Gasteiger partial charge in [0.05, 0.1) is 11.7 Å². The van der Waals surface area contributed by atoms with Crippen molar-refractivity contribution in [1.29, 1.82) is 0 Å². The molecule has 20 heavy (non-hydrogen) atoms. The Morgan fingerprint density at radius 1 is 1.45 bits per heavy atom. The van der Waals surface area contributed by atoms with Crippen LogP contribution in [0.15, 0.2) is 6.33 Å². The van der Waals surface area contributed by atoms with Gasteiger partial charge < -0.3 is 14.6 Å². The van der Waals surface area contributed by atoms with E-state index in [1.807, 2.05) is 11.6 Å². The molecule has 1 aliphatic heterocycles. The fraction of sp³-hybridized carbons (Fsp3) is 0.857. The van der Waals surface area contributed by atoms with Gasteiger partial charge >= 0.3 is 0 Å². The molecule has 0 spiro atoms. The van der Waals surface area contributed by atoms with Gasteiger partial charge in [0.2, 0.25) is 0 Å². The van der Waals surface area contributed by atoms with Crippen molar-refractivity contribution < 1.29 is 14.6 Å². The largest absolute Gasteiger partial charge is 0.390 e. The second kappa shape index (κ2) is 6.65. The number of hydrogen-bond acceptors (Lipinski definition) is 5. The van der Waals surface area contributed by atoms with E-state index in [9.17, 15) is 5.11 Å². The SMILES string of the molecule is CCOC1(C(O)Cc2ncnn2C(C)C)CCOCC1. The standard InChI is InChI=1S/C14H25N3O3/c1-4-20-14(5-7-19-8-6-14)12(18)9-13-15-10-16-17(13)11(2)3/h10-12,18H,4-9H2,1-3H3. The van der Waals surface area contributed by atoms with Crippen LogP contribution in [-0.4, -0.2) is 51.4 Å². The van der Waals surface area contributed by atoms with E-state index in [2.05, 4.69) is 23.9 Å². The van der Waals surface area contributed by atoms with E-state index in [4.69, 9.17) is 9.47 Å². The highest BCUT2D eigenvalue weighted by molar-refractivity contribution is 4.98. The number of aromatic nitrogens is 3. The number of aliphatic hydroxyl groups is 1. The van der Waals surface area contributed by atoms with Gasteiger partial charge in [-0.1, -0.05) is 0 Å². The minimum Gasteiger partial charge on any atom is -0.390 e. The van der Waals surface area contributed by atoms with Gasteiger partial charge in [-0.25, -0.2) is 9.67 Å². The van der Waals surface area contributed by atoms with Crippen molar-refractivity contribution >= 4 is 0 Å². The fourth-order valence-corrected chi connectivity index (χ4v) is 2.79. The zero-order chi connectivity index (χ0) is 14.6. The van der Waals surface area contributed by atoms with Gasteiger partial charge in [0.25, 0.3) is 0 Å². The minimum atomic E-state index is -0.590. The smallest absolute Gasteiger partial charge is 0.138 e. The third-order valence-corrected chi connectivity index (χ3v) is 3.89. The van der Waals surface area contributed by atoms with Crippen LogP contribution in [0, 0.1) is 0 Å². The summed E-state index contributed by atoms with van der Waals surface area (Å²) in [7, 11) is 0. The van der Waals surface area contributed by atoms with Crippen LogP contribution in [0.5, 0.6) is 0 Å². The first-order valence-corrected chi connectivity index (χ1v) is 7.37. The molecule has 1 unspecified atom stereocenters. The third-order valence-electron chi connectivity index (χ3n) is 3.89. The molecule has 0 bridgehead atoms. The summed E-state index contributed by atoms with van der Waals surface area (Å²) < 4.78 is 13.1. The zero-order valence-electron chi connectivity index (χ0n) is 12.6. The summed E-state index contributed by atoms with van der Waals surface area (Å²) in [4.78, 5) is 4.27. The summed E-state index contributed by atoms with van der Waals surface area (Å²) in [6, 6.07) is 0.234. The molecule has 1 atom stereocenters. The first-order chi connectivity index (χ1) is 9.59. The maximum absolute atomic E-state index is 10.7. The van der Waals surface area contributed by atoms with Crippen molar-refractivity contribution in [1.82, 2.24) is 14.8 Å². The Labute approximate surface area is 120 Å². The van der Waals surface area contributed by atoms with Gasteiger partial charge in [-0.3, -0.25) is 0 Å². The molecular formula is C14H25N3O3. The zero-order valence-corrected chi connectivity index (χ0v) is 12.6. The van der Waals surface area contributed by atoms with E-state index in [1.165, 1.54) is 0 Å². The molecule has 0 aliphatic carbocycles. The van der Waals surface area contributed by atoms with Crippen molar-refractivity contribution in [3.8, 4) is 0 Å². The number of aliphatic hydroxyl groups excluding tert-OH is 1. The summed E-state index contributed by atoms with van der Waals surface area (Å²) in [6.45, 7) is 7.92. The normalized spacial score (nSPS) is 20.2. The molecule has 0 saturated carbocycles. The second-order valence-electron chi connectivity index (χ2n) is 5.54. The average Bonchev–Trinajstić information content (AvgIpc) is 2.88. The highest BCUT2D eigenvalue weighted by Gasteiger charge is 2.41. The van der Waals surface area contributed by atoms with Gasteiger partial charge in [-0.2, -0.15) is 5.10 Å². The van der Waals surface area contributed by atoms with Crippen molar-refractivity contribution in [3.05, 3.63) is 12.2 Å². The van der Waals surface area contributed by atoms with E-state index in [-0.39, 0.29) is 6.04 Å². The summed E-state index contributed by atoms with van der Waals surface area (Å²) in [5.41, 5.74) is -0.513. The molecule has 1 aliphatic rings. The number of hydrogen-bond donors (Lipinski definition) is 1. The lowest BCUT2D eigenvalue weighted by atomic mass is 9.86. The Morgan fingerprint density at radius 2 is 2.15 bits per heavy atom.